The quantitative estimate of drug-likeness (QED) is 0.659. The van der Waals surface area contributed by atoms with Gasteiger partial charge in [0.1, 0.15) is 12.4 Å². The standard InChI is InChI=1S/C19H18N2O2/c1-2-8-16-9-3-4-11-18(16)23-14-6-5-13-21-19(22)17-10-7-12-20-15-17/h2-4,7,9-12,15H,1,8,13-14H2,(H,21,22). The molecular weight excluding hydrogens is 288 g/mol. The molecule has 1 aromatic heterocycles. The molecule has 4 heteroatoms. The lowest BCUT2D eigenvalue weighted by atomic mass is 10.1. The number of amides is 1. The van der Waals surface area contributed by atoms with Crippen LogP contribution in [0.2, 0.25) is 0 Å². The van der Waals surface area contributed by atoms with Crippen LogP contribution in [0.4, 0.5) is 0 Å². The molecule has 0 unspecified atom stereocenters. The first-order chi connectivity index (χ1) is 11.3. The lowest BCUT2D eigenvalue weighted by Crippen LogP contribution is -2.23. The van der Waals surface area contributed by atoms with Gasteiger partial charge in [0.2, 0.25) is 0 Å². The molecule has 0 bridgehead atoms. The van der Waals surface area contributed by atoms with Crippen molar-refractivity contribution < 1.29 is 9.53 Å². The van der Waals surface area contributed by atoms with Gasteiger partial charge in [-0.2, -0.15) is 0 Å². The molecule has 0 aliphatic rings. The monoisotopic (exact) mass is 306 g/mol. The summed E-state index contributed by atoms with van der Waals surface area (Å²) < 4.78 is 5.64. The second-order valence-corrected chi connectivity index (χ2v) is 4.67. The second-order valence-electron chi connectivity index (χ2n) is 4.67. The third-order valence-corrected chi connectivity index (χ3v) is 3.02. The largest absolute Gasteiger partial charge is 0.481 e. The van der Waals surface area contributed by atoms with Gasteiger partial charge in [0.05, 0.1) is 12.1 Å². The fraction of sp³-hybridized carbons (Fsp3) is 0.158. The molecule has 0 saturated heterocycles. The van der Waals surface area contributed by atoms with E-state index >= 15 is 0 Å². The number of carbonyl (C=O) groups is 1. The van der Waals surface area contributed by atoms with E-state index in [9.17, 15) is 4.79 Å². The van der Waals surface area contributed by atoms with Crippen LogP contribution in [-0.2, 0) is 6.42 Å². The van der Waals surface area contributed by atoms with Crippen molar-refractivity contribution in [3.63, 3.8) is 0 Å². The molecule has 0 aliphatic heterocycles. The maximum atomic E-state index is 11.8. The molecule has 1 amide bonds. The van der Waals surface area contributed by atoms with Crippen molar-refractivity contribution in [2.75, 3.05) is 13.2 Å². The number of pyridine rings is 1. The number of para-hydroxylation sites is 1. The van der Waals surface area contributed by atoms with E-state index in [0.717, 1.165) is 17.7 Å². The summed E-state index contributed by atoms with van der Waals surface area (Å²) in [5.41, 5.74) is 1.60. The Hall–Kier alpha value is -3.06. The van der Waals surface area contributed by atoms with Crippen LogP contribution in [-0.4, -0.2) is 24.0 Å². The van der Waals surface area contributed by atoms with Gasteiger partial charge in [0, 0.05) is 12.4 Å². The molecule has 0 aliphatic carbocycles. The van der Waals surface area contributed by atoms with Crippen LogP contribution in [0.25, 0.3) is 0 Å². The summed E-state index contributed by atoms with van der Waals surface area (Å²) in [6.45, 7) is 4.28. The van der Waals surface area contributed by atoms with Crippen LogP contribution in [0.15, 0.2) is 61.4 Å². The highest BCUT2D eigenvalue weighted by Gasteiger charge is 2.02. The minimum Gasteiger partial charge on any atom is -0.481 e. The molecule has 23 heavy (non-hydrogen) atoms. The van der Waals surface area contributed by atoms with E-state index in [2.05, 4.69) is 28.7 Å². The third kappa shape index (κ3) is 5.33. The first kappa shape index (κ1) is 16.3. The van der Waals surface area contributed by atoms with Crippen LogP contribution >= 0.6 is 0 Å². The van der Waals surface area contributed by atoms with E-state index in [4.69, 9.17) is 4.74 Å². The number of carbonyl (C=O) groups excluding carboxylic acids is 1. The van der Waals surface area contributed by atoms with Crippen molar-refractivity contribution in [1.82, 2.24) is 10.3 Å². The second kappa shape index (κ2) is 9.06. The smallest absolute Gasteiger partial charge is 0.253 e. The number of nitrogens with one attached hydrogen (secondary N) is 1. The summed E-state index contributed by atoms with van der Waals surface area (Å²) in [5.74, 6) is 6.36. The molecule has 116 valence electrons. The minimum atomic E-state index is -0.190. The molecule has 0 atom stereocenters. The van der Waals surface area contributed by atoms with Crippen LogP contribution < -0.4 is 10.1 Å². The molecule has 0 saturated carbocycles. The van der Waals surface area contributed by atoms with Crippen molar-refractivity contribution in [1.29, 1.82) is 0 Å². The number of benzene rings is 1. The topological polar surface area (TPSA) is 51.2 Å². The third-order valence-electron chi connectivity index (χ3n) is 3.02. The molecule has 4 nitrogen and oxygen atoms in total. The van der Waals surface area contributed by atoms with Gasteiger partial charge >= 0.3 is 0 Å². The van der Waals surface area contributed by atoms with E-state index in [-0.39, 0.29) is 19.1 Å². The van der Waals surface area contributed by atoms with Crippen molar-refractivity contribution in [2.24, 2.45) is 0 Å². The van der Waals surface area contributed by atoms with Gasteiger partial charge in [-0.25, -0.2) is 0 Å². The number of aromatic nitrogens is 1. The Morgan fingerprint density at radius 1 is 1.26 bits per heavy atom. The minimum absolute atomic E-state index is 0.190. The van der Waals surface area contributed by atoms with Gasteiger partial charge in [-0.1, -0.05) is 36.1 Å². The fourth-order valence-corrected chi connectivity index (χ4v) is 1.92. The molecule has 2 aromatic rings. The van der Waals surface area contributed by atoms with Crippen LogP contribution in [0.3, 0.4) is 0 Å². The maximum absolute atomic E-state index is 11.8. The average Bonchev–Trinajstić information content (AvgIpc) is 2.60. The first-order valence-corrected chi connectivity index (χ1v) is 7.27. The van der Waals surface area contributed by atoms with Gasteiger partial charge in [0.25, 0.3) is 5.91 Å². The lowest BCUT2D eigenvalue weighted by Gasteiger charge is -2.07. The molecule has 1 heterocycles. The Morgan fingerprint density at radius 2 is 2.13 bits per heavy atom. The molecule has 0 spiro atoms. The van der Waals surface area contributed by atoms with E-state index in [1.165, 1.54) is 6.20 Å². The molecule has 0 radical (unpaired) electrons. The number of hydrogen-bond acceptors (Lipinski definition) is 3. The number of rotatable bonds is 6. The summed E-state index contributed by atoms with van der Waals surface area (Å²) in [4.78, 5) is 15.7. The van der Waals surface area contributed by atoms with Gasteiger partial charge in [-0.05, 0) is 30.2 Å². The summed E-state index contributed by atoms with van der Waals surface area (Å²) >= 11 is 0. The summed E-state index contributed by atoms with van der Waals surface area (Å²) in [6, 6.07) is 11.2. The Kier molecular flexibility index (Phi) is 6.43. The lowest BCUT2D eigenvalue weighted by molar-refractivity contribution is 0.0958. The van der Waals surface area contributed by atoms with Crippen molar-refractivity contribution >= 4 is 5.91 Å². The molecular formula is C19H18N2O2. The van der Waals surface area contributed by atoms with E-state index in [0.29, 0.717) is 5.56 Å². The Balaban J connectivity index is 1.76. The van der Waals surface area contributed by atoms with Crippen LogP contribution in [0.1, 0.15) is 15.9 Å². The molecule has 1 aromatic carbocycles. The SMILES string of the molecule is C=CCc1ccccc1OCC#CCNC(=O)c1cccnc1. The van der Waals surface area contributed by atoms with Crippen molar-refractivity contribution in [3.8, 4) is 17.6 Å². The summed E-state index contributed by atoms with van der Waals surface area (Å²) in [7, 11) is 0. The Bertz CT molecular complexity index is 715. The average molecular weight is 306 g/mol. The number of nitrogens with zero attached hydrogens (tertiary/aromatic N) is 1. The van der Waals surface area contributed by atoms with Gasteiger partial charge in [-0.3, -0.25) is 9.78 Å². The Morgan fingerprint density at radius 3 is 2.91 bits per heavy atom. The van der Waals surface area contributed by atoms with Crippen molar-refractivity contribution in [3.05, 3.63) is 72.6 Å². The summed E-state index contributed by atoms with van der Waals surface area (Å²) in [5, 5.41) is 2.71. The van der Waals surface area contributed by atoms with Crippen LogP contribution in [0, 0.1) is 11.8 Å². The molecule has 0 fully saturated rings. The fourth-order valence-electron chi connectivity index (χ4n) is 1.92. The predicted molar refractivity (Wildman–Crippen MR) is 90.2 cm³/mol. The van der Waals surface area contributed by atoms with E-state index in [1.54, 1.807) is 18.3 Å². The number of ether oxygens (including phenoxy) is 1. The van der Waals surface area contributed by atoms with Gasteiger partial charge in [-0.15, -0.1) is 6.58 Å². The number of hydrogen-bond donors (Lipinski definition) is 1. The zero-order valence-corrected chi connectivity index (χ0v) is 12.8. The molecule has 2 rings (SSSR count). The van der Waals surface area contributed by atoms with E-state index in [1.807, 2.05) is 30.3 Å². The highest BCUT2D eigenvalue weighted by atomic mass is 16.5. The van der Waals surface area contributed by atoms with E-state index < -0.39 is 0 Å². The highest BCUT2D eigenvalue weighted by molar-refractivity contribution is 5.93. The Labute approximate surface area is 136 Å². The summed E-state index contributed by atoms with van der Waals surface area (Å²) in [6.07, 6.45) is 5.73. The predicted octanol–water partition coefficient (Wildman–Crippen LogP) is 2.62. The molecule has 1 N–H and O–H groups in total. The first-order valence-electron chi connectivity index (χ1n) is 7.27. The van der Waals surface area contributed by atoms with Gasteiger partial charge in [0.15, 0.2) is 0 Å². The number of allylic oxidation sites excluding steroid dienone is 1. The normalized spacial score (nSPS) is 9.39. The zero-order valence-electron chi connectivity index (χ0n) is 12.8. The zero-order chi connectivity index (χ0) is 16.3. The van der Waals surface area contributed by atoms with Gasteiger partial charge < -0.3 is 10.1 Å². The van der Waals surface area contributed by atoms with Crippen molar-refractivity contribution in [2.45, 2.75) is 6.42 Å². The maximum Gasteiger partial charge on any atom is 0.253 e. The highest BCUT2D eigenvalue weighted by Crippen LogP contribution is 2.18. The van der Waals surface area contributed by atoms with Crippen LogP contribution in [0.5, 0.6) is 5.75 Å².